The molecule has 0 aliphatic heterocycles. The lowest BCUT2D eigenvalue weighted by molar-refractivity contribution is -0.870. The fourth-order valence-electron chi connectivity index (χ4n) is 8.64. The van der Waals surface area contributed by atoms with Gasteiger partial charge in [0.25, 0.3) is 7.82 Å². The third kappa shape index (κ3) is 50.8. The Morgan fingerprint density at radius 2 is 0.848 bits per heavy atom. The zero-order valence-electron chi connectivity index (χ0n) is 44.7. The summed E-state index contributed by atoms with van der Waals surface area (Å²) in [6.45, 7) is 4.67. The lowest BCUT2D eigenvalue weighted by Gasteiger charge is -2.29. The lowest BCUT2D eigenvalue weighted by atomic mass is 10.0. The number of nitrogens with one attached hydrogen (secondary N) is 1. The number of unbranched alkanes of at least 4 members (excludes halogenated alkanes) is 38. The maximum Gasteiger partial charge on any atom is 0.268 e. The molecule has 66 heavy (non-hydrogen) atoms. The van der Waals surface area contributed by atoms with E-state index in [-0.39, 0.29) is 19.1 Å². The molecule has 0 saturated heterocycles. The standard InChI is InChI=1S/C57H113N2O6P/c1-6-8-10-12-14-16-18-20-22-24-26-27-28-29-30-31-32-33-35-37-39-41-43-45-47-49-51-57(61)58-55(54-65-66(62,63)64-53-52-59(3,4)5)56(60)50-48-46-44-42-40-38-36-34-25-23-21-19-17-15-13-11-9-7-2/h40,42,48,50,55-56,60H,6-39,41,43-47,49,51-54H2,1-5H3,(H-,58,61,62,63)/b42-40+,50-48+. The highest BCUT2D eigenvalue weighted by molar-refractivity contribution is 7.45. The number of carbonyl (C=O) groups excluding carboxylic acids is 1. The number of rotatable bonds is 53. The maximum atomic E-state index is 13.0. The normalized spacial score (nSPS) is 14.1. The van der Waals surface area contributed by atoms with Crippen molar-refractivity contribution in [1.82, 2.24) is 5.32 Å². The van der Waals surface area contributed by atoms with E-state index in [2.05, 4.69) is 31.3 Å². The van der Waals surface area contributed by atoms with E-state index in [1.165, 1.54) is 225 Å². The SMILES string of the molecule is CCCCCCCCCCCCCC/C=C/CC/C=C/C(O)C(COP(=O)([O-])OCC[N+](C)(C)C)NC(=O)CCCCCCCCCCCCCCCCCCCCCCCCCCCC. The molecule has 0 fully saturated rings. The Morgan fingerprint density at radius 1 is 0.515 bits per heavy atom. The molecule has 1 amide bonds. The van der Waals surface area contributed by atoms with Crippen molar-refractivity contribution in [3.05, 3.63) is 24.3 Å². The molecular formula is C57H113N2O6P. The van der Waals surface area contributed by atoms with Gasteiger partial charge in [-0.1, -0.05) is 269 Å². The van der Waals surface area contributed by atoms with Crippen LogP contribution in [0.25, 0.3) is 0 Å². The molecule has 0 saturated carbocycles. The van der Waals surface area contributed by atoms with Gasteiger partial charge in [-0.25, -0.2) is 0 Å². The zero-order valence-corrected chi connectivity index (χ0v) is 45.6. The predicted octanol–water partition coefficient (Wildman–Crippen LogP) is 16.6. The van der Waals surface area contributed by atoms with Crippen LogP contribution in [0.1, 0.15) is 284 Å². The van der Waals surface area contributed by atoms with Crippen molar-refractivity contribution in [2.75, 3.05) is 40.9 Å². The fraction of sp³-hybridized carbons (Fsp3) is 0.912. The number of aliphatic hydroxyl groups is 1. The molecule has 3 unspecified atom stereocenters. The molecule has 9 heteroatoms. The van der Waals surface area contributed by atoms with Gasteiger partial charge in [0, 0.05) is 6.42 Å². The van der Waals surface area contributed by atoms with Gasteiger partial charge in [-0.3, -0.25) is 9.36 Å². The maximum absolute atomic E-state index is 13.0. The van der Waals surface area contributed by atoms with Crippen molar-refractivity contribution in [1.29, 1.82) is 0 Å². The van der Waals surface area contributed by atoms with E-state index in [1.54, 1.807) is 6.08 Å². The Balaban J connectivity index is 4.18. The summed E-state index contributed by atoms with van der Waals surface area (Å²) in [6, 6.07) is -0.900. The van der Waals surface area contributed by atoms with E-state index in [0.717, 1.165) is 38.5 Å². The quantitative estimate of drug-likeness (QED) is 0.0272. The average Bonchev–Trinajstić information content (AvgIpc) is 3.28. The first-order chi connectivity index (χ1) is 32.0. The third-order valence-electron chi connectivity index (χ3n) is 13.2. The van der Waals surface area contributed by atoms with Gasteiger partial charge in [0.15, 0.2) is 0 Å². The first-order valence-electron chi connectivity index (χ1n) is 28.7. The minimum absolute atomic E-state index is 0.00377. The van der Waals surface area contributed by atoms with Crippen LogP contribution in [0.4, 0.5) is 0 Å². The van der Waals surface area contributed by atoms with Gasteiger partial charge in [0.1, 0.15) is 13.2 Å². The minimum Gasteiger partial charge on any atom is -0.756 e. The van der Waals surface area contributed by atoms with Gasteiger partial charge >= 0.3 is 0 Å². The van der Waals surface area contributed by atoms with Crippen LogP contribution in [0.3, 0.4) is 0 Å². The van der Waals surface area contributed by atoms with Crippen LogP contribution in [-0.2, 0) is 18.4 Å². The molecule has 8 nitrogen and oxygen atoms in total. The largest absolute Gasteiger partial charge is 0.756 e. The summed E-state index contributed by atoms with van der Waals surface area (Å²) in [6.07, 6.45) is 61.2. The summed E-state index contributed by atoms with van der Waals surface area (Å²) in [4.78, 5) is 25.5. The summed E-state index contributed by atoms with van der Waals surface area (Å²) in [5.74, 6) is -0.201. The van der Waals surface area contributed by atoms with E-state index >= 15 is 0 Å². The fourth-order valence-corrected chi connectivity index (χ4v) is 9.37. The Hall–Kier alpha value is -1.02. The van der Waals surface area contributed by atoms with Crippen LogP contribution < -0.4 is 10.2 Å². The summed E-state index contributed by atoms with van der Waals surface area (Å²) < 4.78 is 23.3. The van der Waals surface area contributed by atoms with Gasteiger partial charge in [-0.05, 0) is 32.1 Å². The van der Waals surface area contributed by atoms with Crippen molar-refractivity contribution >= 4 is 13.7 Å². The van der Waals surface area contributed by atoms with E-state index in [0.29, 0.717) is 17.4 Å². The first-order valence-corrected chi connectivity index (χ1v) is 30.2. The topological polar surface area (TPSA) is 108 Å². The van der Waals surface area contributed by atoms with Crippen molar-refractivity contribution in [2.24, 2.45) is 0 Å². The van der Waals surface area contributed by atoms with Gasteiger partial charge < -0.3 is 28.8 Å². The van der Waals surface area contributed by atoms with E-state index in [4.69, 9.17) is 9.05 Å². The molecule has 0 rings (SSSR count). The number of phosphoric ester groups is 1. The van der Waals surface area contributed by atoms with Gasteiger partial charge in [0.2, 0.25) is 5.91 Å². The number of hydrogen-bond donors (Lipinski definition) is 2. The predicted molar refractivity (Wildman–Crippen MR) is 284 cm³/mol. The smallest absolute Gasteiger partial charge is 0.268 e. The second kappa shape index (κ2) is 49.0. The number of likely N-dealkylation sites (N-methyl/N-ethyl adjacent to an activating group) is 1. The average molecular weight is 954 g/mol. The van der Waals surface area contributed by atoms with Gasteiger partial charge in [0.05, 0.1) is 39.9 Å². The molecular weight excluding hydrogens is 840 g/mol. The Labute approximate surface area is 411 Å². The highest BCUT2D eigenvalue weighted by atomic mass is 31.2. The Kier molecular flexibility index (Phi) is 48.2. The second-order valence-electron chi connectivity index (χ2n) is 21.0. The highest BCUT2D eigenvalue weighted by Crippen LogP contribution is 2.38. The summed E-state index contributed by atoms with van der Waals surface area (Å²) in [7, 11) is 1.26. The number of amides is 1. The molecule has 0 aromatic carbocycles. The second-order valence-corrected chi connectivity index (χ2v) is 22.4. The van der Waals surface area contributed by atoms with E-state index in [1.807, 2.05) is 27.2 Å². The number of allylic oxidation sites excluding steroid dienone is 3. The number of nitrogens with zero attached hydrogens (tertiary/aromatic N) is 1. The minimum atomic E-state index is -4.60. The summed E-state index contributed by atoms with van der Waals surface area (Å²) in [5, 5.41) is 13.9. The highest BCUT2D eigenvalue weighted by Gasteiger charge is 2.23. The number of hydrogen-bond acceptors (Lipinski definition) is 6. The summed E-state index contributed by atoms with van der Waals surface area (Å²) in [5.41, 5.74) is 0. The van der Waals surface area contributed by atoms with Gasteiger partial charge in [-0.15, -0.1) is 0 Å². The lowest BCUT2D eigenvalue weighted by Crippen LogP contribution is -2.45. The first kappa shape index (κ1) is 65.0. The molecule has 3 atom stereocenters. The van der Waals surface area contributed by atoms with Crippen LogP contribution in [0, 0.1) is 0 Å². The van der Waals surface area contributed by atoms with E-state index in [9.17, 15) is 19.4 Å². The van der Waals surface area contributed by atoms with Crippen LogP contribution in [-0.4, -0.2) is 68.5 Å². The molecule has 0 aliphatic rings. The number of phosphoric acid groups is 1. The van der Waals surface area contributed by atoms with Gasteiger partial charge in [-0.2, -0.15) is 0 Å². The van der Waals surface area contributed by atoms with Crippen LogP contribution in [0.15, 0.2) is 24.3 Å². The van der Waals surface area contributed by atoms with Crippen LogP contribution in [0.5, 0.6) is 0 Å². The van der Waals surface area contributed by atoms with Crippen molar-refractivity contribution in [3.8, 4) is 0 Å². The zero-order chi connectivity index (χ0) is 48.5. The molecule has 0 heterocycles. The third-order valence-corrected chi connectivity index (χ3v) is 14.1. The van der Waals surface area contributed by atoms with Crippen LogP contribution in [0.2, 0.25) is 0 Å². The molecule has 2 N–H and O–H groups in total. The van der Waals surface area contributed by atoms with Crippen molar-refractivity contribution < 1.29 is 32.9 Å². The van der Waals surface area contributed by atoms with E-state index < -0.39 is 20.0 Å². The molecule has 0 bridgehead atoms. The summed E-state index contributed by atoms with van der Waals surface area (Å²) >= 11 is 0. The number of aliphatic hydroxyl groups excluding tert-OH is 1. The number of carbonyl (C=O) groups is 1. The molecule has 392 valence electrons. The molecule has 0 aromatic rings. The van der Waals surface area contributed by atoms with Crippen molar-refractivity contribution in [2.45, 2.75) is 296 Å². The molecule has 0 spiro atoms. The molecule has 0 aliphatic carbocycles. The van der Waals surface area contributed by atoms with Crippen LogP contribution >= 0.6 is 7.82 Å². The number of quaternary nitrogens is 1. The Bertz CT molecular complexity index is 1130. The molecule has 0 radical (unpaired) electrons. The van der Waals surface area contributed by atoms with Crippen molar-refractivity contribution in [3.63, 3.8) is 0 Å². The monoisotopic (exact) mass is 953 g/mol. The molecule has 0 aromatic heterocycles. The Morgan fingerprint density at radius 3 is 1.23 bits per heavy atom.